The molecule has 1 aliphatic rings. The number of nitrogens with one attached hydrogen (secondary N) is 1. The Morgan fingerprint density at radius 1 is 1.13 bits per heavy atom. The monoisotopic (exact) mass is 452 g/mol. The molecule has 2 aromatic heterocycles. The molecule has 0 unspecified atom stereocenters. The summed E-state index contributed by atoms with van der Waals surface area (Å²) in [7, 11) is 3.25. The standard InChI is InChI=1S/C22H20N4O3S2/c1-12-18-20(13-7-6-9-15(28-2)19(13)29-3)30-11-17(27)24-21(18)26(25-12)22-23-14-8-4-5-10-16(14)31-22/h4-10,20H,11H2,1-3H3,(H,24,27)/t20-/m1/s1. The van der Waals surface area contributed by atoms with Crippen LogP contribution in [0, 0.1) is 6.92 Å². The van der Waals surface area contributed by atoms with E-state index in [1.807, 2.05) is 49.4 Å². The number of nitrogens with zero attached hydrogens (tertiary/aromatic N) is 3. The third-order valence-corrected chi connectivity index (χ3v) is 7.45. The van der Waals surface area contributed by atoms with Crippen molar-refractivity contribution in [2.75, 3.05) is 25.3 Å². The van der Waals surface area contributed by atoms with E-state index in [1.54, 1.807) is 42.0 Å². The number of para-hydroxylation sites is 2. The van der Waals surface area contributed by atoms with Crippen LogP contribution in [0.5, 0.6) is 11.5 Å². The Morgan fingerprint density at radius 3 is 2.74 bits per heavy atom. The lowest BCUT2D eigenvalue weighted by molar-refractivity contribution is -0.113. The molecule has 0 spiro atoms. The second-order valence-electron chi connectivity index (χ2n) is 7.05. The second kappa shape index (κ2) is 7.90. The van der Waals surface area contributed by atoms with Gasteiger partial charge in [-0.15, -0.1) is 11.8 Å². The zero-order chi connectivity index (χ0) is 21.5. The van der Waals surface area contributed by atoms with E-state index in [-0.39, 0.29) is 11.2 Å². The number of thioether (sulfide) groups is 1. The van der Waals surface area contributed by atoms with Crippen molar-refractivity contribution < 1.29 is 14.3 Å². The van der Waals surface area contributed by atoms with Crippen LogP contribution in [0.15, 0.2) is 42.5 Å². The molecule has 3 heterocycles. The van der Waals surface area contributed by atoms with Crippen molar-refractivity contribution in [2.24, 2.45) is 0 Å². The fourth-order valence-electron chi connectivity index (χ4n) is 3.84. The largest absolute Gasteiger partial charge is 0.493 e. The minimum Gasteiger partial charge on any atom is -0.493 e. The molecular formula is C22H20N4O3S2. The van der Waals surface area contributed by atoms with Gasteiger partial charge in [-0.05, 0) is 25.1 Å². The topological polar surface area (TPSA) is 78.3 Å². The zero-order valence-corrected chi connectivity index (χ0v) is 18.8. The molecule has 4 aromatic rings. The maximum atomic E-state index is 12.6. The molecule has 0 saturated carbocycles. The van der Waals surface area contributed by atoms with E-state index in [9.17, 15) is 4.79 Å². The number of aromatic nitrogens is 3. The Kier molecular flexibility index (Phi) is 5.07. The summed E-state index contributed by atoms with van der Waals surface area (Å²) < 4.78 is 14.0. The van der Waals surface area contributed by atoms with Gasteiger partial charge in [0.25, 0.3) is 0 Å². The number of anilines is 1. The lowest BCUT2D eigenvalue weighted by atomic mass is 10.0. The van der Waals surface area contributed by atoms with Crippen molar-refractivity contribution in [3.05, 3.63) is 59.3 Å². The minimum absolute atomic E-state index is 0.0714. The summed E-state index contributed by atoms with van der Waals surface area (Å²) in [6.45, 7) is 1.96. The van der Waals surface area contributed by atoms with Crippen LogP contribution in [-0.2, 0) is 4.79 Å². The van der Waals surface area contributed by atoms with E-state index < -0.39 is 0 Å². The van der Waals surface area contributed by atoms with Crippen molar-refractivity contribution in [3.8, 4) is 16.6 Å². The average Bonchev–Trinajstić information content (AvgIpc) is 3.29. The molecule has 158 valence electrons. The molecule has 0 radical (unpaired) electrons. The molecular weight excluding hydrogens is 432 g/mol. The van der Waals surface area contributed by atoms with Gasteiger partial charge in [0.05, 0.1) is 41.1 Å². The highest BCUT2D eigenvalue weighted by atomic mass is 32.2. The molecule has 9 heteroatoms. The first-order chi connectivity index (χ1) is 15.1. The van der Waals surface area contributed by atoms with E-state index in [4.69, 9.17) is 19.6 Å². The summed E-state index contributed by atoms with van der Waals surface area (Å²) in [5.41, 5.74) is 3.63. The number of ether oxygens (including phenoxy) is 2. The highest BCUT2D eigenvalue weighted by Crippen LogP contribution is 2.48. The van der Waals surface area contributed by atoms with Crippen molar-refractivity contribution >= 4 is 45.0 Å². The molecule has 0 fully saturated rings. The van der Waals surface area contributed by atoms with E-state index in [0.29, 0.717) is 28.2 Å². The molecule has 1 amide bonds. The number of thiazole rings is 1. The number of rotatable bonds is 4. The first-order valence-corrected chi connectivity index (χ1v) is 11.5. The first kappa shape index (κ1) is 19.9. The number of hydrogen-bond donors (Lipinski definition) is 1. The number of benzene rings is 2. The highest BCUT2D eigenvalue weighted by molar-refractivity contribution is 8.00. The van der Waals surface area contributed by atoms with Crippen molar-refractivity contribution in [3.63, 3.8) is 0 Å². The fourth-order valence-corrected chi connectivity index (χ4v) is 5.97. The summed E-state index contributed by atoms with van der Waals surface area (Å²) in [6, 6.07) is 13.8. The van der Waals surface area contributed by atoms with Gasteiger partial charge in [-0.25, -0.2) is 4.98 Å². The second-order valence-corrected chi connectivity index (χ2v) is 9.15. The third kappa shape index (κ3) is 3.34. The molecule has 2 aromatic carbocycles. The van der Waals surface area contributed by atoms with E-state index >= 15 is 0 Å². The maximum Gasteiger partial charge on any atom is 0.235 e. The van der Waals surface area contributed by atoms with Gasteiger partial charge in [0.15, 0.2) is 11.5 Å². The van der Waals surface area contributed by atoms with Crippen LogP contribution < -0.4 is 14.8 Å². The average molecular weight is 453 g/mol. The lowest BCUT2D eigenvalue weighted by Crippen LogP contribution is -2.15. The SMILES string of the molecule is COc1cccc([C@H]2SCC(=O)Nc3c2c(C)nn3-c2nc3ccccc3s2)c1OC. The molecule has 31 heavy (non-hydrogen) atoms. The number of carbonyl (C=O) groups is 1. The number of amides is 1. The van der Waals surface area contributed by atoms with Gasteiger partial charge in [-0.3, -0.25) is 4.79 Å². The van der Waals surface area contributed by atoms with Crippen molar-refractivity contribution in [2.45, 2.75) is 12.2 Å². The van der Waals surface area contributed by atoms with Crippen LogP contribution in [0.2, 0.25) is 0 Å². The molecule has 0 bridgehead atoms. The molecule has 7 nitrogen and oxygen atoms in total. The number of carbonyl (C=O) groups excluding carboxylic acids is 1. The highest BCUT2D eigenvalue weighted by Gasteiger charge is 2.33. The number of hydrogen-bond acceptors (Lipinski definition) is 7. The zero-order valence-electron chi connectivity index (χ0n) is 17.2. The van der Waals surface area contributed by atoms with Crippen LogP contribution in [0.4, 0.5) is 5.82 Å². The van der Waals surface area contributed by atoms with Gasteiger partial charge >= 0.3 is 0 Å². The predicted octanol–water partition coefficient (Wildman–Crippen LogP) is 4.58. The van der Waals surface area contributed by atoms with Gasteiger partial charge < -0.3 is 14.8 Å². The van der Waals surface area contributed by atoms with Gasteiger partial charge in [0, 0.05) is 11.1 Å². The van der Waals surface area contributed by atoms with Crippen LogP contribution >= 0.6 is 23.1 Å². The Bertz CT molecular complexity index is 1260. The Hall–Kier alpha value is -3.04. The quantitative estimate of drug-likeness (QED) is 0.488. The summed E-state index contributed by atoms with van der Waals surface area (Å²) >= 11 is 3.09. The van der Waals surface area contributed by atoms with Crippen molar-refractivity contribution in [1.82, 2.24) is 14.8 Å². The molecule has 1 aliphatic heterocycles. The summed E-state index contributed by atoms with van der Waals surface area (Å²) in [5.74, 6) is 2.22. The Labute approximate surface area is 187 Å². The maximum absolute atomic E-state index is 12.6. The van der Waals surface area contributed by atoms with E-state index in [0.717, 1.165) is 27.0 Å². The van der Waals surface area contributed by atoms with Crippen LogP contribution in [0.25, 0.3) is 15.3 Å². The number of aryl methyl sites for hydroxylation is 1. The smallest absolute Gasteiger partial charge is 0.235 e. The molecule has 0 saturated heterocycles. The summed E-state index contributed by atoms with van der Waals surface area (Å²) in [5, 5.41) is 8.39. The fraction of sp³-hybridized carbons (Fsp3) is 0.227. The van der Waals surface area contributed by atoms with E-state index in [1.165, 1.54) is 0 Å². The van der Waals surface area contributed by atoms with Crippen LogP contribution in [0.3, 0.4) is 0 Å². The summed E-state index contributed by atoms with van der Waals surface area (Å²) in [6.07, 6.45) is 0. The van der Waals surface area contributed by atoms with Gasteiger partial charge in [-0.2, -0.15) is 9.78 Å². The first-order valence-electron chi connectivity index (χ1n) is 9.68. The lowest BCUT2D eigenvalue weighted by Gasteiger charge is -2.20. The van der Waals surface area contributed by atoms with Crippen LogP contribution in [-0.4, -0.2) is 40.6 Å². The third-order valence-electron chi connectivity index (χ3n) is 5.19. The molecule has 0 aliphatic carbocycles. The molecule has 5 rings (SSSR count). The molecule has 1 N–H and O–H groups in total. The molecule has 1 atom stereocenters. The number of fused-ring (bicyclic) bond motifs is 2. The predicted molar refractivity (Wildman–Crippen MR) is 124 cm³/mol. The number of methoxy groups -OCH3 is 2. The van der Waals surface area contributed by atoms with Crippen LogP contribution in [0.1, 0.15) is 22.1 Å². The minimum atomic E-state index is -0.151. The Morgan fingerprint density at radius 2 is 1.97 bits per heavy atom. The van der Waals surface area contributed by atoms with E-state index in [2.05, 4.69) is 5.32 Å². The van der Waals surface area contributed by atoms with Gasteiger partial charge in [-0.1, -0.05) is 35.6 Å². The van der Waals surface area contributed by atoms with Crippen molar-refractivity contribution in [1.29, 1.82) is 0 Å². The Balaban J connectivity index is 1.71. The summed E-state index contributed by atoms with van der Waals surface area (Å²) in [4.78, 5) is 17.4. The van der Waals surface area contributed by atoms with Gasteiger partial charge in [0.1, 0.15) is 5.82 Å². The normalized spacial score (nSPS) is 16.0. The van der Waals surface area contributed by atoms with Gasteiger partial charge in [0.2, 0.25) is 11.0 Å².